The average Bonchev–Trinajstić information content (AvgIpc) is 3.84. The van der Waals surface area contributed by atoms with Crippen LogP contribution in [0.25, 0.3) is 142 Å². The molecule has 2 heterocycles. The van der Waals surface area contributed by atoms with Gasteiger partial charge in [0.05, 0.1) is 11.2 Å². The van der Waals surface area contributed by atoms with Gasteiger partial charge in [0.15, 0.2) is 5.58 Å². The van der Waals surface area contributed by atoms with E-state index in [0.29, 0.717) is 5.89 Å². The predicted molar refractivity (Wildman–Crippen MR) is 274 cm³/mol. The average molecular weight is 825 g/mol. The van der Waals surface area contributed by atoms with Crippen molar-refractivity contribution < 1.29 is 4.42 Å². The van der Waals surface area contributed by atoms with Gasteiger partial charge in [-0.3, -0.25) is 0 Å². The van der Waals surface area contributed by atoms with Crippen LogP contribution in [0.4, 0.5) is 0 Å². The highest BCUT2D eigenvalue weighted by molar-refractivity contribution is 6.24. The van der Waals surface area contributed by atoms with Crippen LogP contribution in [0.2, 0.25) is 0 Å². The topological polar surface area (TPSA) is 38.9 Å². The Balaban J connectivity index is 1.04. The highest BCUT2D eigenvalue weighted by Gasteiger charge is 2.21. The van der Waals surface area contributed by atoms with E-state index >= 15 is 0 Å². The first kappa shape index (κ1) is 35.9. The number of hydrogen-bond acceptors (Lipinski definition) is 3. The Kier molecular flexibility index (Phi) is 7.69. The molecular formula is C62H36N2O. The number of fused-ring (bicyclic) bond motifs is 15. The molecule has 0 aliphatic rings. The van der Waals surface area contributed by atoms with Gasteiger partial charge >= 0.3 is 0 Å². The molecule has 0 bridgehead atoms. The summed E-state index contributed by atoms with van der Waals surface area (Å²) in [7, 11) is 0. The zero-order valence-corrected chi connectivity index (χ0v) is 35.1. The van der Waals surface area contributed by atoms with Crippen molar-refractivity contribution in [2.75, 3.05) is 0 Å². The number of aromatic nitrogens is 2. The van der Waals surface area contributed by atoms with Crippen LogP contribution >= 0.6 is 0 Å². The van der Waals surface area contributed by atoms with E-state index in [4.69, 9.17) is 14.4 Å². The van der Waals surface area contributed by atoms with Gasteiger partial charge in [-0.05, 0) is 118 Å². The van der Waals surface area contributed by atoms with Crippen LogP contribution in [0.5, 0.6) is 0 Å². The minimum absolute atomic E-state index is 0.604. The van der Waals surface area contributed by atoms with Gasteiger partial charge in [0.25, 0.3) is 0 Å². The summed E-state index contributed by atoms with van der Waals surface area (Å²) in [6, 6.07) is 78.8. The smallest absolute Gasteiger partial charge is 0.227 e. The Labute approximate surface area is 373 Å². The van der Waals surface area contributed by atoms with Crippen molar-refractivity contribution >= 4 is 97.4 Å². The molecule has 0 saturated heterocycles. The summed E-state index contributed by atoms with van der Waals surface area (Å²) < 4.78 is 6.70. The molecule has 0 atom stereocenters. The molecule has 0 fully saturated rings. The third-order valence-electron chi connectivity index (χ3n) is 13.6. The van der Waals surface area contributed by atoms with Gasteiger partial charge in [0.2, 0.25) is 5.89 Å². The summed E-state index contributed by atoms with van der Waals surface area (Å²) in [6.45, 7) is 0. The Morgan fingerprint density at radius 2 is 0.677 bits per heavy atom. The van der Waals surface area contributed by atoms with Gasteiger partial charge in [0, 0.05) is 32.7 Å². The molecule has 300 valence electrons. The first-order valence-electron chi connectivity index (χ1n) is 22.2. The second kappa shape index (κ2) is 13.9. The van der Waals surface area contributed by atoms with Crippen LogP contribution in [0.15, 0.2) is 223 Å². The van der Waals surface area contributed by atoms with Gasteiger partial charge in [-0.1, -0.05) is 182 Å². The molecule has 14 rings (SSSR count). The fraction of sp³-hybridized carbons (Fsp3) is 0. The van der Waals surface area contributed by atoms with E-state index in [1.807, 2.05) is 0 Å². The fourth-order valence-corrected chi connectivity index (χ4v) is 10.6. The molecule has 0 unspecified atom stereocenters. The Bertz CT molecular complexity index is 4220. The summed E-state index contributed by atoms with van der Waals surface area (Å²) in [5, 5.41) is 17.7. The maximum atomic E-state index is 6.70. The van der Waals surface area contributed by atoms with E-state index in [9.17, 15) is 0 Å². The van der Waals surface area contributed by atoms with Gasteiger partial charge in [-0.25, -0.2) is 9.97 Å². The highest BCUT2D eigenvalue weighted by atomic mass is 16.3. The molecule has 14 aromatic rings. The van der Waals surface area contributed by atoms with Crippen molar-refractivity contribution in [3.05, 3.63) is 218 Å². The molecule has 0 aliphatic carbocycles. The third kappa shape index (κ3) is 5.43. The monoisotopic (exact) mass is 824 g/mol. The number of hydrogen-bond donors (Lipinski definition) is 0. The lowest BCUT2D eigenvalue weighted by Gasteiger charge is -2.18. The lowest BCUT2D eigenvalue weighted by Crippen LogP contribution is -1.95. The van der Waals surface area contributed by atoms with E-state index in [0.717, 1.165) is 71.5 Å². The predicted octanol–water partition coefficient (Wildman–Crippen LogP) is 17.1. The first-order valence-corrected chi connectivity index (χ1v) is 22.2. The summed E-state index contributed by atoms with van der Waals surface area (Å²) >= 11 is 0. The number of benzene rings is 12. The zero-order valence-electron chi connectivity index (χ0n) is 35.1. The maximum Gasteiger partial charge on any atom is 0.227 e. The van der Waals surface area contributed by atoms with Gasteiger partial charge in [-0.2, -0.15) is 0 Å². The van der Waals surface area contributed by atoms with Crippen molar-refractivity contribution in [3.8, 4) is 45.0 Å². The van der Waals surface area contributed by atoms with Crippen molar-refractivity contribution in [1.82, 2.24) is 9.97 Å². The molecule has 0 spiro atoms. The molecule has 12 aromatic carbocycles. The van der Waals surface area contributed by atoms with Crippen LogP contribution < -0.4 is 0 Å². The van der Waals surface area contributed by atoms with Gasteiger partial charge < -0.3 is 4.42 Å². The Morgan fingerprint density at radius 1 is 0.262 bits per heavy atom. The molecule has 0 N–H and O–H groups in total. The second-order valence-electron chi connectivity index (χ2n) is 17.2. The van der Waals surface area contributed by atoms with Crippen molar-refractivity contribution in [2.24, 2.45) is 0 Å². The molecule has 3 nitrogen and oxygen atoms in total. The molecule has 65 heavy (non-hydrogen) atoms. The van der Waals surface area contributed by atoms with Crippen molar-refractivity contribution in [1.29, 1.82) is 0 Å². The zero-order chi connectivity index (χ0) is 42.6. The molecule has 0 saturated carbocycles. The highest BCUT2D eigenvalue weighted by Crippen LogP contribution is 2.45. The summed E-state index contributed by atoms with van der Waals surface area (Å²) in [5.74, 6) is 0.604. The van der Waals surface area contributed by atoms with E-state index < -0.39 is 0 Å². The van der Waals surface area contributed by atoms with Crippen LogP contribution in [0, 0.1) is 0 Å². The number of oxazole rings is 1. The van der Waals surface area contributed by atoms with Crippen LogP contribution in [-0.2, 0) is 0 Å². The second-order valence-corrected chi connectivity index (χ2v) is 17.2. The Hall–Kier alpha value is -8.66. The van der Waals surface area contributed by atoms with E-state index in [-0.39, 0.29) is 0 Å². The standard InChI is InChI=1S/C62H36N2O/c1-3-17-41-39(15-1)33-54(47-23-7-5-19-43(41)47)55-35-57-53(37-29-31-38(32-30-37)62-64-60-51-27-13-9-21-45(51)46-22-11-14-28-52(46)61(60)65-62)36-58(63-59(57)50-26-12-10-25-49(50)55)56-34-40-16-2-4-18-42(40)44-20-6-8-24-48(44)56/h1-36H. The summed E-state index contributed by atoms with van der Waals surface area (Å²) in [6.07, 6.45) is 0. The number of pyridine rings is 1. The molecule has 0 amide bonds. The maximum absolute atomic E-state index is 6.70. The SMILES string of the molecule is c1ccc2c(c1)cc(-c1cc(-c3ccc(-c4nc5c6ccccc6c6ccccc6c5o4)cc3)c3cc(-c4cc5ccccc5c5ccccc45)c4ccccc4c3n1)c1ccccc12. The largest absolute Gasteiger partial charge is 0.435 e. The Morgan fingerprint density at radius 3 is 1.29 bits per heavy atom. The van der Waals surface area contributed by atoms with E-state index in [2.05, 4.69) is 218 Å². The molecular weight excluding hydrogens is 789 g/mol. The number of rotatable bonds is 4. The lowest BCUT2D eigenvalue weighted by atomic mass is 9.87. The van der Waals surface area contributed by atoms with Crippen LogP contribution in [-0.4, -0.2) is 9.97 Å². The minimum Gasteiger partial charge on any atom is -0.435 e. The van der Waals surface area contributed by atoms with Gasteiger partial charge in [0.1, 0.15) is 5.52 Å². The summed E-state index contributed by atoms with van der Waals surface area (Å²) in [4.78, 5) is 10.8. The molecule has 0 aliphatic heterocycles. The van der Waals surface area contributed by atoms with Gasteiger partial charge in [-0.15, -0.1) is 0 Å². The normalized spacial score (nSPS) is 12.0. The number of nitrogens with zero attached hydrogens (tertiary/aromatic N) is 2. The van der Waals surface area contributed by atoms with E-state index in [1.165, 1.54) is 65.0 Å². The third-order valence-corrected chi connectivity index (χ3v) is 13.6. The van der Waals surface area contributed by atoms with Crippen LogP contribution in [0.3, 0.4) is 0 Å². The molecule has 2 aromatic heterocycles. The fourth-order valence-electron chi connectivity index (χ4n) is 10.6. The first-order chi connectivity index (χ1) is 32.2. The molecule has 3 heteroatoms. The summed E-state index contributed by atoms with van der Waals surface area (Å²) in [5.41, 5.74) is 10.2. The quantitative estimate of drug-likeness (QED) is 0.166. The molecule has 0 radical (unpaired) electrons. The van der Waals surface area contributed by atoms with Crippen molar-refractivity contribution in [3.63, 3.8) is 0 Å². The lowest BCUT2D eigenvalue weighted by molar-refractivity contribution is 0.623. The van der Waals surface area contributed by atoms with Crippen molar-refractivity contribution in [2.45, 2.75) is 0 Å². The van der Waals surface area contributed by atoms with Crippen LogP contribution in [0.1, 0.15) is 0 Å². The van der Waals surface area contributed by atoms with E-state index in [1.54, 1.807) is 0 Å². The minimum atomic E-state index is 0.604.